The summed E-state index contributed by atoms with van der Waals surface area (Å²) >= 11 is 0. The second-order valence-electron chi connectivity index (χ2n) is 8.58. The Labute approximate surface area is 148 Å². The first kappa shape index (κ1) is 17.9. The molecule has 0 spiro atoms. The summed E-state index contributed by atoms with van der Waals surface area (Å²) in [5.74, 6) is -0.538. The normalized spacial score (nSPS) is 23.6. The van der Waals surface area contributed by atoms with Crippen molar-refractivity contribution in [1.82, 2.24) is 10.2 Å². The van der Waals surface area contributed by atoms with Crippen molar-refractivity contribution in [2.24, 2.45) is 11.3 Å². The van der Waals surface area contributed by atoms with Crippen LogP contribution in [0, 0.1) is 17.2 Å². The molecule has 1 N–H and O–H groups in total. The van der Waals surface area contributed by atoms with E-state index >= 15 is 0 Å². The fraction of sp³-hybridized carbons (Fsp3) is 0.600. The number of likely N-dealkylation sites (tertiary alicyclic amines) is 1. The minimum Gasteiger partial charge on any atom is -0.353 e. The molecule has 5 heteroatoms. The van der Waals surface area contributed by atoms with Crippen LogP contribution in [-0.4, -0.2) is 35.8 Å². The third kappa shape index (κ3) is 4.59. The summed E-state index contributed by atoms with van der Waals surface area (Å²) in [6.45, 7) is 7.07. The first-order valence-electron chi connectivity index (χ1n) is 9.06. The molecule has 0 aromatic heterocycles. The van der Waals surface area contributed by atoms with Gasteiger partial charge in [-0.3, -0.25) is 9.59 Å². The Morgan fingerprint density at radius 1 is 1.16 bits per heavy atom. The minimum absolute atomic E-state index is 0.0166. The molecule has 0 unspecified atom stereocenters. The quantitative estimate of drug-likeness (QED) is 0.911. The lowest BCUT2D eigenvalue weighted by molar-refractivity contribution is -0.132. The van der Waals surface area contributed by atoms with E-state index in [1.807, 2.05) is 20.8 Å². The van der Waals surface area contributed by atoms with E-state index in [9.17, 15) is 14.0 Å². The van der Waals surface area contributed by atoms with Gasteiger partial charge in [0.05, 0.1) is 5.92 Å². The summed E-state index contributed by atoms with van der Waals surface area (Å²) in [7, 11) is 0. The highest BCUT2D eigenvalue weighted by Gasteiger charge is 2.42. The zero-order valence-corrected chi connectivity index (χ0v) is 15.2. The highest BCUT2D eigenvalue weighted by atomic mass is 19.1. The molecule has 2 fully saturated rings. The number of carbonyl (C=O) groups is 2. The molecule has 2 atom stereocenters. The zero-order valence-electron chi connectivity index (χ0n) is 15.2. The number of hydrogen-bond acceptors (Lipinski definition) is 2. The lowest BCUT2D eigenvalue weighted by Gasteiger charge is -2.23. The van der Waals surface area contributed by atoms with E-state index in [4.69, 9.17) is 0 Å². The van der Waals surface area contributed by atoms with Crippen LogP contribution in [0.25, 0.3) is 0 Å². The Morgan fingerprint density at radius 3 is 2.36 bits per heavy atom. The average Bonchev–Trinajstić information content (AvgIpc) is 3.21. The number of carbonyl (C=O) groups excluding carboxylic acids is 2. The van der Waals surface area contributed by atoms with Crippen LogP contribution in [0.1, 0.15) is 51.5 Å². The molecule has 1 saturated heterocycles. The molecule has 3 rings (SSSR count). The Kier molecular flexibility index (Phi) is 4.85. The van der Waals surface area contributed by atoms with E-state index in [0.717, 1.165) is 18.4 Å². The van der Waals surface area contributed by atoms with Gasteiger partial charge in [-0.2, -0.15) is 0 Å². The number of rotatable bonds is 4. The summed E-state index contributed by atoms with van der Waals surface area (Å²) in [6, 6.07) is 6.60. The Balaban J connectivity index is 1.77. The average molecular weight is 346 g/mol. The third-order valence-corrected chi connectivity index (χ3v) is 4.91. The number of amides is 2. The van der Waals surface area contributed by atoms with Crippen molar-refractivity contribution >= 4 is 11.8 Å². The van der Waals surface area contributed by atoms with Gasteiger partial charge in [0, 0.05) is 31.5 Å². The van der Waals surface area contributed by atoms with Gasteiger partial charge in [0.2, 0.25) is 11.8 Å². The maximum atomic E-state index is 13.3. The van der Waals surface area contributed by atoms with E-state index < -0.39 is 0 Å². The molecule has 4 nitrogen and oxygen atoms in total. The summed E-state index contributed by atoms with van der Waals surface area (Å²) in [4.78, 5) is 27.1. The van der Waals surface area contributed by atoms with E-state index in [-0.39, 0.29) is 34.9 Å². The molecule has 1 heterocycles. The standard InChI is InChI=1S/C20H27FN2O2/c1-20(2,3)10-18(24)23-11-16(13-4-6-14(21)7-5-13)17(12-23)19(25)22-15-8-9-15/h4-7,15-17H,8-12H2,1-3H3,(H,22,25)/t16-,17+/m1/s1. The molecule has 1 aromatic rings. The summed E-state index contributed by atoms with van der Waals surface area (Å²) < 4.78 is 13.3. The molecule has 1 aliphatic carbocycles. The van der Waals surface area contributed by atoms with Gasteiger partial charge in [-0.25, -0.2) is 4.39 Å². The maximum Gasteiger partial charge on any atom is 0.225 e. The predicted molar refractivity (Wildman–Crippen MR) is 94.4 cm³/mol. The van der Waals surface area contributed by atoms with E-state index in [1.54, 1.807) is 17.0 Å². The molecule has 2 aliphatic rings. The van der Waals surface area contributed by atoms with Crippen molar-refractivity contribution in [2.75, 3.05) is 13.1 Å². The van der Waals surface area contributed by atoms with Crippen LogP contribution in [0.5, 0.6) is 0 Å². The van der Waals surface area contributed by atoms with Crippen LogP contribution < -0.4 is 5.32 Å². The van der Waals surface area contributed by atoms with Crippen molar-refractivity contribution in [3.8, 4) is 0 Å². The predicted octanol–water partition coefficient (Wildman–Crippen LogP) is 3.08. The maximum absolute atomic E-state index is 13.3. The second-order valence-corrected chi connectivity index (χ2v) is 8.58. The van der Waals surface area contributed by atoms with Crippen LogP contribution in [0.3, 0.4) is 0 Å². The van der Waals surface area contributed by atoms with Gasteiger partial charge in [0.25, 0.3) is 0 Å². The molecule has 0 radical (unpaired) electrons. The molecular formula is C20H27FN2O2. The Hall–Kier alpha value is -1.91. The monoisotopic (exact) mass is 346 g/mol. The van der Waals surface area contributed by atoms with Crippen LogP contribution in [0.15, 0.2) is 24.3 Å². The Bertz CT molecular complexity index is 647. The van der Waals surface area contributed by atoms with Crippen molar-refractivity contribution in [3.05, 3.63) is 35.6 Å². The Morgan fingerprint density at radius 2 is 1.80 bits per heavy atom. The van der Waals surface area contributed by atoms with Gasteiger partial charge in [0.1, 0.15) is 5.82 Å². The SMILES string of the molecule is CC(C)(C)CC(=O)N1C[C@H](C(=O)NC2CC2)[C@@H](c2ccc(F)cc2)C1. The topological polar surface area (TPSA) is 49.4 Å². The molecule has 1 saturated carbocycles. The number of nitrogens with one attached hydrogen (secondary N) is 1. The van der Waals surface area contributed by atoms with Crippen molar-refractivity contribution in [1.29, 1.82) is 0 Å². The van der Waals surface area contributed by atoms with Gasteiger partial charge in [-0.15, -0.1) is 0 Å². The van der Waals surface area contributed by atoms with E-state index in [1.165, 1.54) is 12.1 Å². The number of nitrogens with zero attached hydrogens (tertiary/aromatic N) is 1. The zero-order chi connectivity index (χ0) is 18.2. The van der Waals surface area contributed by atoms with Crippen molar-refractivity contribution in [2.45, 2.75) is 52.0 Å². The lowest BCUT2D eigenvalue weighted by Crippen LogP contribution is -2.37. The van der Waals surface area contributed by atoms with Crippen molar-refractivity contribution < 1.29 is 14.0 Å². The van der Waals surface area contributed by atoms with Crippen LogP contribution in [0.2, 0.25) is 0 Å². The number of hydrogen-bond donors (Lipinski definition) is 1. The van der Waals surface area contributed by atoms with Crippen LogP contribution in [0.4, 0.5) is 4.39 Å². The summed E-state index contributed by atoms with van der Waals surface area (Å²) in [5, 5.41) is 3.06. The highest BCUT2D eigenvalue weighted by molar-refractivity contribution is 5.84. The van der Waals surface area contributed by atoms with Gasteiger partial charge in [-0.1, -0.05) is 32.9 Å². The molecule has 25 heavy (non-hydrogen) atoms. The van der Waals surface area contributed by atoms with Gasteiger partial charge in [0.15, 0.2) is 0 Å². The summed E-state index contributed by atoms with van der Waals surface area (Å²) in [5.41, 5.74) is 0.833. The minimum atomic E-state index is -0.290. The molecule has 1 aromatic carbocycles. The first-order chi connectivity index (χ1) is 11.7. The molecule has 2 amide bonds. The number of benzene rings is 1. The smallest absolute Gasteiger partial charge is 0.225 e. The van der Waals surface area contributed by atoms with Gasteiger partial charge in [-0.05, 0) is 36.0 Å². The second kappa shape index (κ2) is 6.77. The fourth-order valence-electron chi connectivity index (χ4n) is 3.42. The first-order valence-corrected chi connectivity index (χ1v) is 9.06. The largest absolute Gasteiger partial charge is 0.353 e. The lowest BCUT2D eigenvalue weighted by atomic mass is 9.88. The van der Waals surface area contributed by atoms with Gasteiger partial charge < -0.3 is 10.2 Å². The number of halogens is 1. The van der Waals surface area contributed by atoms with Crippen molar-refractivity contribution in [3.63, 3.8) is 0 Å². The fourth-order valence-corrected chi connectivity index (χ4v) is 3.42. The van der Waals surface area contributed by atoms with Crippen LogP contribution >= 0.6 is 0 Å². The van der Waals surface area contributed by atoms with E-state index in [2.05, 4.69) is 5.32 Å². The molecule has 1 aliphatic heterocycles. The molecule has 136 valence electrons. The molecule has 0 bridgehead atoms. The summed E-state index contributed by atoms with van der Waals surface area (Å²) in [6.07, 6.45) is 2.53. The highest BCUT2D eigenvalue weighted by Crippen LogP contribution is 2.35. The molecular weight excluding hydrogens is 319 g/mol. The third-order valence-electron chi connectivity index (χ3n) is 4.91. The van der Waals surface area contributed by atoms with Gasteiger partial charge >= 0.3 is 0 Å². The van der Waals surface area contributed by atoms with E-state index in [0.29, 0.717) is 25.6 Å². The van der Waals surface area contributed by atoms with Crippen LogP contribution in [-0.2, 0) is 9.59 Å².